The summed E-state index contributed by atoms with van der Waals surface area (Å²) in [5.74, 6) is -0.786. The van der Waals surface area contributed by atoms with Gasteiger partial charge in [-0.05, 0) is 49.5 Å². The van der Waals surface area contributed by atoms with Gasteiger partial charge >= 0.3 is 0 Å². The number of hydrogen-bond acceptors (Lipinski definition) is 5. The molecule has 1 saturated carbocycles. The van der Waals surface area contributed by atoms with Crippen molar-refractivity contribution in [1.29, 1.82) is 0 Å². The van der Waals surface area contributed by atoms with E-state index in [4.69, 9.17) is 4.74 Å². The van der Waals surface area contributed by atoms with E-state index in [1.54, 1.807) is 14.0 Å². The molecule has 3 rings (SSSR count). The number of aliphatic hydroxyl groups excluding tert-OH is 1. The number of ketones is 1. The lowest BCUT2D eigenvalue weighted by molar-refractivity contribution is -0.132. The first-order chi connectivity index (χ1) is 12.0. The summed E-state index contributed by atoms with van der Waals surface area (Å²) in [4.78, 5) is 12.9. The van der Waals surface area contributed by atoms with Crippen molar-refractivity contribution >= 4 is 5.78 Å². The topological polar surface area (TPSA) is 87.0 Å². The van der Waals surface area contributed by atoms with Gasteiger partial charge in [-0.2, -0.15) is 0 Å². The zero-order valence-electron chi connectivity index (χ0n) is 16.5. The fourth-order valence-corrected chi connectivity index (χ4v) is 5.32. The molecule has 0 radical (unpaired) electrons. The van der Waals surface area contributed by atoms with Crippen LogP contribution in [0.4, 0.5) is 0 Å². The van der Waals surface area contributed by atoms with Gasteiger partial charge in [0.25, 0.3) is 0 Å². The maximum absolute atomic E-state index is 12.9. The number of carbonyl (C=O) groups excluding carboxylic acids is 1. The maximum Gasteiger partial charge on any atom is 0.191 e. The Labute approximate surface area is 155 Å². The van der Waals surface area contributed by atoms with E-state index in [0.29, 0.717) is 18.4 Å². The third-order valence-electron chi connectivity index (χ3n) is 6.81. The molecule has 146 valence electrons. The van der Waals surface area contributed by atoms with Crippen molar-refractivity contribution in [3.05, 3.63) is 22.8 Å². The average molecular weight is 364 g/mol. The van der Waals surface area contributed by atoms with Gasteiger partial charge in [0, 0.05) is 18.6 Å². The summed E-state index contributed by atoms with van der Waals surface area (Å²) >= 11 is 0. The predicted molar refractivity (Wildman–Crippen MR) is 98.4 cm³/mol. The van der Waals surface area contributed by atoms with Gasteiger partial charge < -0.3 is 20.1 Å². The minimum absolute atomic E-state index is 0.0217. The smallest absolute Gasteiger partial charge is 0.191 e. The minimum atomic E-state index is -1.54. The number of carbonyl (C=O) groups is 1. The van der Waals surface area contributed by atoms with Crippen LogP contribution < -0.4 is 0 Å². The van der Waals surface area contributed by atoms with Crippen LogP contribution in [-0.4, -0.2) is 52.1 Å². The molecule has 0 aliphatic heterocycles. The molecule has 0 saturated heterocycles. The standard InChI is InChI=1S/C21H32O5/c1-11(2)18-14-8-17(22)12(3)13-6-7-21(25,10-26-5)16(13)9-15(14)20(4,24)19(18)23/h9,11-13,15,17,22,24-25H,6-8,10H2,1-5H3/t12-,13+,15-,17+,20-,21+/m1/s1. The quantitative estimate of drug-likeness (QED) is 0.667. The maximum atomic E-state index is 12.9. The largest absolute Gasteiger partial charge is 0.392 e. The normalized spacial score (nSPS) is 43.3. The van der Waals surface area contributed by atoms with E-state index in [0.717, 1.165) is 17.6 Å². The molecule has 0 bridgehead atoms. The highest BCUT2D eigenvalue weighted by atomic mass is 16.5. The Balaban J connectivity index is 2.20. The molecule has 3 N–H and O–H groups in total. The second kappa shape index (κ2) is 6.55. The molecular formula is C21H32O5. The van der Waals surface area contributed by atoms with Crippen LogP contribution in [0.3, 0.4) is 0 Å². The van der Waals surface area contributed by atoms with E-state index in [-0.39, 0.29) is 30.1 Å². The fraction of sp³-hybridized carbons (Fsp3) is 0.762. The molecule has 3 aliphatic rings. The molecule has 0 spiro atoms. The highest BCUT2D eigenvalue weighted by molar-refractivity contribution is 6.06. The highest BCUT2D eigenvalue weighted by Gasteiger charge is 2.54. The highest BCUT2D eigenvalue weighted by Crippen LogP contribution is 2.52. The lowest BCUT2D eigenvalue weighted by atomic mass is 9.73. The van der Waals surface area contributed by atoms with Crippen LogP contribution in [0, 0.1) is 23.7 Å². The Morgan fingerprint density at radius 1 is 1.35 bits per heavy atom. The van der Waals surface area contributed by atoms with E-state index in [1.165, 1.54) is 0 Å². The first-order valence-corrected chi connectivity index (χ1v) is 9.66. The zero-order valence-corrected chi connectivity index (χ0v) is 16.5. The van der Waals surface area contributed by atoms with Crippen LogP contribution in [0.15, 0.2) is 22.8 Å². The second-order valence-corrected chi connectivity index (χ2v) is 8.91. The Hall–Kier alpha value is -1.01. The number of fused-ring (bicyclic) bond motifs is 2. The summed E-state index contributed by atoms with van der Waals surface area (Å²) in [5, 5.41) is 33.1. The van der Waals surface area contributed by atoms with Crippen LogP contribution in [0.2, 0.25) is 0 Å². The van der Waals surface area contributed by atoms with Crippen molar-refractivity contribution in [2.45, 2.75) is 64.3 Å². The number of Topliss-reactive ketones (excluding diaryl/α,β-unsaturated/α-hetero) is 1. The molecule has 0 heterocycles. The first-order valence-electron chi connectivity index (χ1n) is 9.66. The number of aliphatic hydroxyl groups is 3. The Bertz CT molecular complexity index is 659. The van der Waals surface area contributed by atoms with Gasteiger partial charge in [0.1, 0.15) is 11.2 Å². The molecule has 0 aromatic heterocycles. The second-order valence-electron chi connectivity index (χ2n) is 8.91. The average Bonchev–Trinajstić information content (AvgIpc) is 2.94. The summed E-state index contributed by atoms with van der Waals surface area (Å²) in [6, 6.07) is 0. The van der Waals surface area contributed by atoms with Crippen molar-refractivity contribution < 1.29 is 24.9 Å². The number of ether oxygens (including phenoxy) is 1. The Morgan fingerprint density at radius 3 is 2.58 bits per heavy atom. The molecule has 6 atom stereocenters. The molecular weight excluding hydrogens is 332 g/mol. The van der Waals surface area contributed by atoms with Crippen LogP contribution in [0.5, 0.6) is 0 Å². The molecule has 0 aromatic rings. The Morgan fingerprint density at radius 2 is 2.00 bits per heavy atom. The lowest BCUT2D eigenvalue weighted by Crippen LogP contribution is -2.42. The number of hydrogen-bond donors (Lipinski definition) is 3. The first kappa shape index (κ1) is 19.7. The van der Waals surface area contributed by atoms with Gasteiger partial charge in [-0.25, -0.2) is 0 Å². The molecule has 5 heteroatoms. The number of rotatable bonds is 3. The molecule has 26 heavy (non-hydrogen) atoms. The Kier molecular flexibility index (Phi) is 4.98. The molecule has 0 amide bonds. The van der Waals surface area contributed by atoms with Crippen molar-refractivity contribution in [2.75, 3.05) is 13.7 Å². The summed E-state index contributed by atoms with van der Waals surface area (Å²) in [5.41, 5.74) is -0.369. The van der Waals surface area contributed by atoms with Crippen LogP contribution >= 0.6 is 0 Å². The predicted octanol–water partition coefficient (Wildman–Crippen LogP) is 2.00. The van der Waals surface area contributed by atoms with E-state index < -0.39 is 23.2 Å². The van der Waals surface area contributed by atoms with Crippen molar-refractivity contribution in [2.24, 2.45) is 23.7 Å². The zero-order chi connectivity index (χ0) is 19.4. The van der Waals surface area contributed by atoms with Crippen molar-refractivity contribution in [1.82, 2.24) is 0 Å². The summed E-state index contributed by atoms with van der Waals surface area (Å²) < 4.78 is 5.26. The molecule has 3 aliphatic carbocycles. The van der Waals surface area contributed by atoms with Gasteiger partial charge in [-0.3, -0.25) is 4.79 Å². The van der Waals surface area contributed by atoms with Crippen LogP contribution in [0.1, 0.15) is 47.0 Å². The molecule has 1 fully saturated rings. The number of methoxy groups -OCH3 is 1. The third kappa shape index (κ3) is 2.80. The van der Waals surface area contributed by atoms with Gasteiger partial charge in [-0.1, -0.05) is 32.4 Å². The van der Waals surface area contributed by atoms with Crippen LogP contribution in [-0.2, 0) is 9.53 Å². The van der Waals surface area contributed by atoms with Gasteiger partial charge in [0.15, 0.2) is 5.78 Å². The van der Waals surface area contributed by atoms with Gasteiger partial charge in [-0.15, -0.1) is 0 Å². The van der Waals surface area contributed by atoms with E-state index >= 15 is 0 Å². The summed E-state index contributed by atoms with van der Waals surface area (Å²) in [7, 11) is 1.56. The van der Waals surface area contributed by atoms with Gasteiger partial charge in [0.05, 0.1) is 12.7 Å². The van der Waals surface area contributed by atoms with Crippen LogP contribution in [0.25, 0.3) is 0 Å². The van der Waals surface area contributed by atoms with Crippen molar-refractivity contribution in [3.63, 3.8) is 0 Å². The summed E-state index contributed by atoms with van der Waals surface area (Å²) in [6.45, 7) is 7.63. The molecule has 5 nitrogen and oxygen atoms in total. The van der Waals surface area contributed by atoms with E-state index in [2.05, 4.69) is 0 Å². The molecule has 0 aromatic carbocycles. The lowest BCUT2D eigenvalue weighted by Gasteiger charge is -2.36. The third-order valence-corrected chi connectivity index (χ3v) is 6.81. The van der Waals surface area contributed by atoms with E-state index in [9.17, 15) is 20.1 Å². The van der Waals surface area contributed by atoms with Gasteiger partial charge in [0.2, 0.25) is 0 Å². The fourth-order valence-electron chi connectivity index (χ4n) is 5.32. The minimum Gasteiger partial charge on any atom is -0.392 e. The molecule has 0 unspecified atom stereocenters. The van der Waals surface area contributed by atoms with Crippen molar-refractivity contribution in [3.8, 4) is 0 Å². The van der Waals surface area contributed by atoms with E-state index in [1.807, 2.05) is 26.8 Å². The summed E-state index contributed by atoms with van der Waals surface area (Å²) in [6.07, 6.45) is 3.03. The SMILES string of the molecule is COC[C@@]1(O)CC[C@@H]2C1=C[C@@H]1C(=C(C(C)C)C(=O)[C@]1(C)O)C[C@H](O)[C@@H]2C. The monoisotopic (exact) mass is 364 g/mol.